The molecule has 132 valence electrons. The molecule has 0 spiro atoms. The van der Waals surface area contributed by atoms with Gasteiger partial charge in [0.15, 0.2) is 0 Å². The minimum atomic E-state index is -0.629. The molecule has 2 aromatic carbocycles. The average molecular weight is 341 g/mol. The average Bonchev–Trinajstić information content (AvgIpc) is 2.86. The maximum Gasteiger partial charge on any atom is 0.227 e. The van der Waals surface area contributed by atoms with Crippen molar-refractivity contribution in [2.24, 2.45) is 0 Å². The fourth-order valence-electron chi connectivity index (χ4n) is 2.82. The molecule has 25 heavy (non-hydrogen) atoms. The first-order chi connectivity index (χ1) is 12.2. The topological polar surface area (TPSA) is 59.0 Å². The van der Waals surface area contributed by atoms with Crippen LogP contribution < -0.4 is 4.74 Å². The number of para-hydroxylation sites is 1. The van der Waals surface area contributed by atoms with Crippen LogP contribution in [0.5, 0.6) is 5.75 Å². The van der Waals surface area contributed by atoms with Gasteiger partial charge in [-0.25, -0.2) is 0 Å². The first kappa shape index (κ1) is 17.5. The van der Waals surface area contributed by atoms with Crippen LogP contribution in [0.15, 0.2) is 54.6 Å². The summed E-state index contributed by atoms with van der Waals surface area (Å²) in [6.07, 6.45) is -0.381. The molecule has 0 unspecified atom stereocenters. The molecule has 1 amide bonds. The van der Waals surface area contributed by atoms with Gasteiger partial charge in [0.2, 0.25) is 5.91 Å². The Morgan fingerprint density at radius 2 is 1.92 bits per heavy atom. The normalized spacial score (nSPS) is 17.8. The number of carbonyl (C=O) groups excluding carboxylic acids is 1. The molecule has 1 saturated heterocycles. The minimum absolute atomic E-state index is 0.0275. The van der Waals surface area contributed by atoms with Crippen LogP contribution in [-0.4, -0.2) is 48.3 Å². The molecule has 0 bridgehead atoms. The third-order valence-corrected chi connectivity index (χ3v) is 4.15. The molecular weight excluding hydrogens is 318 g/mol. The zero-order chi connectivity index (χ0) is 17.5. The number of aliphatic hydroxyl groups excluding tert-OH is 1. The molecule has 5 heteroatoms. The van der Waals surface area contributed by atoms with Gasteiger partial charge in [-0.2, -0.15) is 0 Å². The number of ether oxygens (including phenoxy) is 2. The molecule has 0 aliphatic carbocycles. The monoisotopic (exact) mass is 341 g/mol. The summed E-state index contributed by atoms with van der Waals surface area (Å²) >= 11 is 0. The van der Waals surface area contributed by atoms with E-state index < -0.39 is 6.10 Å². The highest BCUT2D eigenvalue weighted by atomic mass is 16.5. The molecule has 1 aliphatic heterocycles. The van der Waals surface area contributed by atoms with Gasteiger partial charge >= 0.3 is 0 Å². The predicted octanol–water partition coefficient (Wildman–Crippen LogP) is 2.03. The van der Waals surface area contributed by atoms with Crippen molar-refractivity contribution in [2.75, 3.05) is 26.3 Å². The van der Waals surface area contributed by atoms with Gasteiger partial charge in [0.1, 0.15) is 12.4 Å². The van der Waals surface area contributed by atoms with E-state index in [1.165, 1.54) is 0 Å². The van der Waals surface area contributed by atoms with Crippen molar-refractivity contribution in [2.45, 2.75) is 19.1 Å². The summed E-state index contributed by atoms with van der Waals surface area (Å²) in [5.41, 5.74) is 1.93. The minimum Gasteiger partial charge on any atom is -0.489 e. The summed E-state index contributed by atoms with van der Waals surface area (Å²) in [5, 5.41) is 9.80. The summed E-state index contributed by atoms with van der Waals surface area (Å²) in [5.74, 6) is 0.687. The smallest absolute Gasteiger partial charge is 0.227 e. The number of hydrogen-bond donors (Lipinski definition) is 1. The Bertz CT molecular complexity index is 689. The van der Waals surface area contributed by atoms with E-state index in [4.69, 9.17) is 9.47 Å². The number of benzene rings is 2. The highest BCUT2D eigenvalue weighted by molar-refractivity contribution is 5.79. The summed E-state index contributed by atoms with van der Waals surface area (Å²) in [6, 6.07) is 17.5. The first-order valence-electron chi connectivity index (χ1n) is 8.50. The molecule has 1 fully saturated rings. The van der Waals surface area contributed by atoms with Gasteiger partial charge in [-0.3, -0.25) is 4.79 Å². The van der Waals surface area contributed by atoms with Crippen molar-refractivity contribution < 1.29 is 19.4 Å². The number of hydrogen-bond acceptors (Lipinski definition) is 4. The summed E-state index contributed by atoms with van der Waals surface area (Å²) in [4.78, 5) is 14.3. The Hall–Kier alpha value is -2.37. The lowest BCUT2D eigenvalue weighted by atomic mass is 10.1. The molecule has 3 rings (SSSR count). The molecule has 1 heterocycles. The SMILES string of the molecule is O=C(Cc1ccccc1OCc1ccccc1)N1CCOC[C@@H](O)C1. The quantitative estimate of drug-likeness (QED) is 0.904. The van der Waals surface area contributed by atoms with E-state index in [9.17, 15) is 9.90 Å². The maximum atomic E-state index is 12.6. The number of carbonyl (C=O) groups is 1. The van der Waals surface area contributed by atoms with Gasteiger partial charge in [0.05, 0.1) is 25.7 Å². The van der Waals surface area contributed by atoms with Gasteiger partial charge in [0, 0.05) is 18.7 Å². The second-order valence-corrected chi connectivity index (χ2v) is 6.13. The van der Waals surface area contributed by atoms with Gasteiger partial charge in [-0.1, -0.05) is 48.5 Å². The van der Waals surface area contributed by atoms with Crippen molar-refractivity contribution >= 4 is 5.91 Å². The van der Waals surface area contributed by atoms with Gasteiger partial charge < -0.3 is 19.5 Å². The Kier molecular flexibility index (Phi) is 6.04. The van der Waals surface area contributed by atoms with E-state index >= 15 is 0 Å². The fraction of sp³-hybridized carbons (Fsp3) is 0.350. The van der Waals surface area contributed by atoms with E-state index in [-0.39, 0.29) is 18.9 Å². The van der Waals surface area contributed by atoms with Crippen LogP contribution in [0.25, 0.3) is 0 Å². The molecule has 0 saturated carbocycles. The molecule has 2 aromatic rings. The summed E-state index contributed by atoms with van der Waals surface area (Å²) in [7, 11) is 0. The molecular formula is C20H23NO4. The second kappa shape index (κ2) is 8.65. The Balaban J connectivity index is 1.64. The largest absolute Gasteiger partial charge is 0.489 e. The number of rotatable bonds is 5. The fourth-order valence-corrected chi connectivity index (χ4v) is 2.82. The van der Waals surface area contributed by atoms with Crippen LogP contribution in [0.2, 0.25) is 0 Å². The lowest BCUT2D eigenvalue weighted by Gasteiger charge is -2.22. The summed E-state index contributed by atoms with van der Waals surface area (Å²) < 4.78 is 11.2. The van der Waals surface area contributed by atoms with E-state index in [2.05, 4.69) is 0 Å². The van der Waals surface area contributed by atoms with Gasteiger partial charge in [-0.15, -0.1) is 0 Å². The maximum absolute atomic E-state index is 12.6. The molecule has 0 aromatic heterocycles. The van der Waals surface area contributed by atoms with E-state index in [1.54, 1.807) is 4.90 Å². The lowest BCUT2D eigenvalue weighted by molar-refractivity contribution is -0.131. The van der Waals surface area contributed by atoms with Crippen LogP contribution >= 0.6 is 0 Å². The van der Waals surface area contributed by atoms with E-state index in [1.807, 2.05) is 54.6 Å². The highest BCUT2D eigenvalue weighted by Crippen LogP contribution is 2.21. The third-order valence-electron chi connectivity index (χ3n) is 4.15. The predicted molar refractivity (Wildman–Crippen MR) is 94.3 cm³/mol. The van der Waals surface area contributed by atoms with Crippen molar-refractivity contribution in [3.8, 4) is 5.75 Å². The van der Waals surface area contributed by atoms with E-state index in [0.29, 0.717) is 32.1 Å². The zero-order valence-corrected chi connectivity index (χ0v) is 14.1. The highest BCUT2D eigenvalue weighted by Gasteiger charge is 2.21. The Morgan fingerprint density at radius 3 is 2.76 bits per heavy atom. The van der Waals surface area contributed by atoms with Crippen LogP contribution in [-0.2, 0) is 22.6 Å². The second-order valence-electron chi connectivity index (χ2n) is 6.13. The number of amides is 1. The Labute approximate surface area is 147 Å². The molecule has 5 nitrogen and oxygen atoms in total. The van der Waals surface area contributed by atoms with Crippen LogP contribution in [0.3, 0.4) is 0 Å². The van der Waals surface area contributed by atoms with E-state index in [0.717, 1.165) is 11.1 Å². The molecule has 1 atom stereocenters. The van der Waals surface area contributed by atoms with Gasteiger partial charge in [0.25, 0.3) is 0 Å². The van der Waals surface area contributed by atoms with Crippen LogP contribution in [0, 0.1) is 0 Å². The van der Waals surface area contributed by atoms with Crippen LogP contribution in [0.1, 0.15) is 11.1 Å². The standard InChI is InChI=1S/C20H23NO4/c22-18-13-21(10-11-24-15-18)20(23)12-17-8-4-5-9-19(17)25-14-16-6-2-1-3-7-16/h1-9,18,22H,10-15H2/t18-/m0/s1. The summed E-state index contributed by atoms with van der Waals surface area (Å²) in [6.45, 7) is 2.01. The first-order valence-corrected chi connectivity index (χ1v) is 8.50. The molecule has 1 aliphatic rings. The van der Waals surface area contributed by atoms with Crippen molar-refractivity contribution in [3.05, 3.63) is 65.7 Å². The van der Waals surface area contributed by atoms with Crippen LogP contribution in [0.4, 0.5) is 0 Å². The molecule has 1 N–H and O–H groups in total. The number of nitrogens with zero attached hydrogens (tertiary/aromatic N) is 1. The zero-order valence-electron chi connectivity index (χ0n) is 14.1. The molecule has 0 radical (unpaired) electrons. The lowest BCUT2D eigenvalue weighted by Crippen LogP contribution is -2.38. The Morgan fingerprint density at radius 1 is 1.16 bits per heavy atom. The number of β-amino-alcohol motifs (C(OH)–C–C–N with tert-alkyl or cyclic N) is 1. The van der Waals surface area contributed by atoms with Crippen molar-refractivity contribution in [1.29, 1.82) is 0 Å². The van der Waals surface area contributed by atoms with Gasteiger partial charge in [-0.05, 0) is 11.6 Å². The third kappa shape index (κ3) is 5.05. The number of aliphatic hydroxyl groups is 1. The van der Waals surface area contributed by atoms with Crippen molar-refractivity contribution in [1.82, 2.24) is 4.90 Å². The van der Waals surface area contributed by atoms with Crippen molar-refractivity contribution in [3.63, 3.8) is 0 Å².